The average Bonchev–Trinajstić information content (AvgIpc) is 2.64. The van der Waals surface area contributed by atoms with Gasteiger partial charge in [-0.2, -0.15) is 0 Å². The van der Waals surface area contributed by atoms with Crippen molar-refractivity contribution in [3.63, 3.8) is 0 Å². The molecule has 0 unspecified atom stereocenters. The van der Waals surface area contributed by atoms with Gasteiger partial charge >= 0.3 is 0 Å². The van der Waals surface area contributed by atoms with Crippen LogP contribution in [-0.2, 0) is 5.60 Å². The van der Waals surface area contributed by atoms with Crippen molar-refractivity contribution in [2.45, 2.75) is 19.4 Å². The van der Waals surface area contributed by atoms with Crippen LogP contribution in [0.5, 0.6) is 0 Å². The van der Waals surface area contributed by atoms with E-state index < -0.39 is 5.60 Å². The molecule has 0 fully saturated rings. The average molecular weight is 218 g/mol. The van der Waals surface area contributed by atoms with Crippen LogP contribution in [-0.4, -0.2) is 10.3 Å². The third kappa shape index (κ3) is 1.92. The molecule has 16 heavy (non-hydrogen) atoms. The first-order chi connectivity index (χ1) is 7.48. The first-order valence-corrected chi connectivity index (χ1v) is 5.03. The third-order valence-corrected chi connectivity index (χ3v) is 2.39. The minimum atomic E-state index is -0.926. The summed E-state index contributed by atoms with van der Waals surface area (Å²) < 4.78 is 4.83. The Morgan fingerprint density at radius 2 is 2.00 bits per heavy atom. The summed E-state index contributed by atoms with van der Waals surface area (Å²) in [6, 6.07) is 9.14. The highest BCUT2D eigenvalue weighted by atomic mass is 16.5. The fraction of sp³-hybridized carbons (Fsp3) is 0.250. The molecule has 0 saturated heterocycles. The lowest BCUT2D eigenvalue weighted by Crippen LogP contribution is -2.16. The summed E-state index contributed by atoms with van der Waals surface area (Å²) in [5.41, 5.74) is 6.82. The molecule has 0 spiro atoms. The fourth-order valence-corrected chi connectivity index (χ4v) is 1.66. The maximum atomic E-state index is 10.0. The summed E-state index contributed by atoms with van der Waals surface area (Å²) in [5, 5.41) is 13.9. The highest BCUT2D eigenvalue weighted by Crippen LogP contribution is 2.31. The number of benzene rings is 1. The smallest absolute Gasteiger partial charge is 0.222 e. The topological polar surface area (TPSA) is 72.3 Å². The van der Waals surface area contributed by atoms with Crippen LogP contribution in [0.25, 0.3) is 11.3 Å². The Kier molecular flexibility index (Phi) is 2.44. The molecule has 0 aliphatic carbocycles. The molecular weight excluding hydrogens is 204 g/mol. The van der Waals surface area contributed by atoms with Crippen molar-refractivity contribution in [1.29, 1.82) is 0 Å². The number of nitrogens with two attached hydrogens (primary N) is 1. The quantitative estimate of drug-likeness (QED) is 0.810. The second-order valence-corrected chi connectivity index (χ2v) is 4.22. The number of aliphatic hydroxyl groups is 1. The molecule has 0 bridgehead atoms. The van der Waals surface area contributed by atoms with E-state index >= 15 is 0 Å². The Bertz CT molecular complexity index is 498. The highest BCUT2D eigenvalue weighted by molar-refractivity contribution is 5.66. The predicted octanol–water partition coefficient (Wildman–Crippen LogP) is 2.15. The van der Waals surface area contributed by atoms with E-state index in [9.17, 15) is 5.11 Å². The summed E-state index contributed by atoms with van der Waals surface area (Å²) in [6.45, 7) is 3.46. The number of rotatable bonds is 2. The first kappa shape index (κ1) is 10.7. The molecule has 0 saturated carbocycles. The number of nitrogen functional groups attached to an aromatic ring is 1. The Labute approximate surface area is 93.7 Å². The fourth-order valence-electron chi connectivity index (χ4n) is 1.66. The van der Waals surface area contributed by atoms with Crippen LogP contribution in [0.4, 0.5) is 5.88 Å². The summed E-state index contributed by atoms with van der Waals surface area (Å²) >= 11 is 0. The lowest BCUT2D eigenvalue weighted by Gasteiger charge is -2.20. The first-order valence-electron chi connectivity index (χ1n) is 5.03. The van der Waals surface area contributed by atoms with Gasteiger partial charge in [0.05, 0.1) is 5.60 Å². The lowest BCUT2D eigenvalue weighted by molar-refractivity contribution is 0.0791. The monoisotopic (exact) mass is 218 g/mol. The lowest BCUT2D eigenvalue weighted by atomic mass is 9.92. The van der Waals surface area contributed by atoms with Gasteiger partial charge in [-0.05, 0) is 19.4 Å². The van der Waals surface area contributed by atoms with Crippen molar-refractivity contribution >= 4 is 5.88 Å². The standard InChI is InChI=1S/C12H14N2O2/c1-12(2,15)9-6-4-3-5-8(9)10-7-11(13)16-14-10/h3-7,15H,13H2,1-2H3. The van der Waals surface area contributed by atoms with Gasteiger partial charge in [0.1, 0.15) is 5.69 Å². The van der Waals surface area contributed by atoms with Crippen LogP contribution in [0, 0.1) is 0 Å². The van der Waals surface area contributed by atoms with Crippen molar-refractivity contribution in [2.75, 3.05) is 5.73 Å². The van der Waals surface area contributed by atoms with Crippen LogP contribution < -0.4 is 5.73 Å². The van der Waals surface area contributed by atoms with E-state index in [1.165, 1.54) is 0 Å². The summed E-state index contributed by atoms with van der Waals surface area (Å²) in [4.78, 5) is 0. The van der Waals surface area contributed by atoms with E-state index in [4.69, 9.17) is 10.3 Å². The van der Waals surface area contributed by atoms with E-state index in [1.807, 2.05) is 24.3 Å². The summed E-state index contributed by atoms with van der Waals surface area (Å²) in [6.07, 6.45) is 0. The molecule has 0 amide bonds. The molecule has 0 radical (unpaired) electrons. The molecule has 1 aromatic heterocycles. The van der Waals surface area contributed by atoms with Gasteiger partial charge < -0.3 is 15.4 Å². The molecule has 0 atom stereocenters. The zero-order valence-corrected chi connectivity index (χ0v) is 9.27. The molecule has 2 rings (SSSR count). The summed E-state index contributed by atoms with van der Waals surface area (Å²) in [7, 11) is 0. The van der Waals surface area contributed by atoms with Gasteiger partial charge in [-0.1, -0.05) is 29.4 Å². The van der Waals surface area contributed by atoms with Gasteiger partial charge in [0, 0.05) is 11.6 Å². The van der Waals surface area contributed by atoms with Gasteiger partial charge in [-0.15, -0.1) is 0 Å². The van der Waals surface area contributed by atoms with Crippen LogP contribution in [0.1, 0.15) is 19.4 Å². The van der Waals surface area contributed by atoms with Crippen molar-refractivity contribution in [3.05, 3.63) is 35.9 Å². The maximum absolute atomic E-state index is 10.0. The van der Waals surface area contributed by atoms with Gasteiger partial charge in [0.15, 0.2) is 0 Å². The second-order valence-electron chi connectivity index (χ2n) is 4.22. The minimum Gasteiger partial charge on any atom is -0.386 e. The maximum Gasteiger partial charge on any atom is 0.222 e. The van der Waals surface area contributed by atoms with Gasteiger partial charge in [-0.25, -0.2) is 0 Å². The summed E-state index contributed by atoms with van der Waals surface area (Å²) in [5.74, 6) is 0.264. The van der Waals surface area contributed by atoms with E-state index in [0.717, 1.165) is 11.1 Å². The van der Waals surface area contributed by atoms with Crippen molar-refractivity contribution in [1.82, 2.24) is 5.16 Å². The van der Waals surface area contributed by atoms with E-state index in [1.54, 1.807) is 19.9 Å². The Hall–Kier alpha value is -1.81. The molecule has 1 aromatic carbocycles. The predicted molar refractivity (Wildman–Crippen MR) is 61.6 cm³/mol. The molecule has 84 valence electrons. The largest absolute Gasteiger partial charge is 0.386 e. The van der Waals surface area contributed by atoms with E-state index in [-0.39, 0.29) is 5.88 Å². The molecule has 4 nitrogen and oxygen atoms in total. The number of hydrogen-bond donors (Lipinski definition) is 2. The van der Waals surface area contributed by atoms with Gasteiger partial charge in [-0.3, -0.25) is 0 Å². The third-order valence-electron chi connectivity index (χ3n) is 2.39. The van der Waals surface area contributed by atoms with Crippen LogP contribution >= 0.6 is 0 Å². The SMILES string of the molecule is CC(C)(O)c1ccccc1-c1cc(N)on1. The normalized spacial score (nSPS) is 11.7. The Morgan fingerprint density at radius 1 is 1.31 bits per heavy atom. The van der Waals surface area contributed by atoms with Crippen LogP contribution in [0.2, 0.25) is 0 Å². The number of nitrogens with zero attached hydrogens (tertiary/aromatic N) is 1. The molecule has 3 N–H and O–H groups in total. The van der Waals surface area contributed by atoms with Gasteiger partial charge in [0.2, 0.25) is 5.88 Å². The molecule has 4 heteroatoms. The molecule has 0 aliphatic rings. The Balaban J connectivity index is 2.57. The highest BCUT2D eigenvalue weighted by Gasteiger charge is 2.21. The zero-order chi connectivity index (χ0) is 11.8. The van der Waals surface area contributed by atoms with Crippen LogP contribution in [0.15, 0.2) is 34.9 Å². The number of hydrogen-bond acceptors (Lipinski definition) is 4. The van der Waals surface area contributed by atoms with Gasteiger partial charge in [0.25, 0.3) is 0 Å². The Morgan fingerprint density at radius 3 is 2.56 bits per heavy atom. The van der Waals surface area contributed by atoms with Crippen LogP contribution in [0.3, 0.4) is 0 Å². The van der Waals surface area contributed by atoms with Crippen molar-refractivity contribution in [3.8, 4) is 11.3 Å². The van der Waals surface area contributed by atoms with Crippen molar-refractivity contribution < 1.29 is 9.63 Å². The number of anilines is 1. The molecular formula is C12H14N2O2. The molecule has 1 heterocycles. The second kappa shape index (κ2) is 3.64. The number of aromatic nitrogens is 1. The zero-order valence-electron chi connectivity index (χ0n) is 9.27. The minimum absolute atomic E-state index is 0.264. The molecule has 2 aromatic rings. The molecule has 0 aliphatic heterocycles. The van der Waals surface area contributed by atoms with E-state index in [0.29, 0.717) is 5.69 Å². The van der Waals surface area contributed by atoms with E-state index in [2.05, 4.69) is 5.16 Å². The van der Waals surface area contributed by atoms with Crippen molar-refractivity contribution in [2.24, 2.45) is 0 Å².